The number of aromatic nitrogens is 1. The number of carbonyl (C=O) groups excluding carboxylic acids is 1. The van der Waals surface area contributed by atoms with Gasteiger partial charge >= 0.3 is 0 Å². The van der Waals surface area contributed by atoms with Crippen molar-refractivity contribution >= 4 is 23.3 Å². The molecule has 5 nitrogen and oxygen atoms in total. The van der Waals surface area contributed by atoms with Crippen LogP contribution in [0, 0.1) is 5.82 Å². The van der Waals surface area contributed by atoms with E-state index in [1.807, 2.05) is 5.38 Å². The standard InChI is InChI=1S/C18H18FN3O2S/c19-13-3-1-2-12(9-23)17(13)16-8-14(22-24-16)15-10-25-18(21-15)11-4-6-20-7-5-11/h1-3,9-11,16,20H,4-8H2. The summed E-state index contributed by atoms with van der Waals surface area (Å²) in [5.41, 5.74) is 2.08. The third-order valence-corrected chi connectivity index (χ3v) is 5.72. The van der Waals surface area contributed by atoms with Gasteiger partial charge in [0.05, 0.1) is 10.7 Å². The highest BCUT2D eigenvalue weighted by Crippen LogP contribution is 2.34. The molecule has 1 unspecified atom stereocenters. The van der Waals surface area contributed by atoms with Crippen LogP contribution in [0.3, 0.4) is 0 Å². The van der Waals surface area contributed by atoms with E-state index in [4.69, 9.17) is 9.82 Å². The number of nitrogens with one attached hydrogen (secondary N) is 1. The van der Waals surface area contributed by atoms with Gasteiger partial charge in [-0.1, -0.05) is 17.3 Å². The summed E-state index contributed by atoms with van der Waals surface area (Å²) in [5.74, 6) is 0.0478. The molecule has 0 spiro atoms. The number of nitrogens with zero attached hydrogens (tertiary/aromatic N) is 2. The first-order valence-corrected chi connectivity index (χ1v) is 9.27. The van der Waals surface area contributed by atoms with Crippen molar-refractivity contribution < 1.29 is 14.0 Å². The molecule has 2 aliphatic heterocycles. The first-order chi connectivity index (χ1) is 12.3. The number of thiazole rings is 1. The summed E-state index contributed by atoms with van der Waals surface area (Å²) in [6, 6.07) is 4.44. The highest BCUT2D eigenvalue weighted by molar-refractivity contribution is 7.09. The van der Waals surface area contributed by atoms with E-state index in [1.54, 1.807) is 17.4 Å². The molecule has 0 amide bonds. The Balaban J connectivity index is 1.51. The van der Waals surface area contributed by atoms with E-state index in [-0.39, 0.29) is 5.56 Å². The molecule has 4 rings (SSSR count). The van der Waals surface area contributed by atoms with Crippen LogP contribution in [-0.4, -0.2) is 30.1 Å². The number of carbonyl (C=O) groups is 1. The fraction of sp³-hybridized carbons (Fsp3) is 0.389. The number of halogens is 1. The largest absolute Gasteiger partial charge is 0.387 e. The van der Waals surface area contributed by atoms with Crippen LogP contribution in [0.2, 0.25) is 0 Å². The Hall–Kier alpha value is -2.12. The fourth-order valence-electron chi connectivity index (χ4n) is 3.36. The quantitative estimate of drug-likeness (QED) is 0.850. The summed E-state index contributed by atoms with van der Waals surface area (Å²) in [5, 5.41) is 10.6. The van der Waals surface area contributed by atoms with Gasteiger partial charge in [0.25, 0.3) is 0 Å². The van der Waals surface area contributed by atoms with Crippen molar-refractivity contribution in [2.75, 3.05) is 13.1 Å². The van der Waals surface area contributed by atoms with Crippen LogP contribution in [0.1, 0.15) is 57.9 Å². The van der Waals surface area contributed by atoms with Crippen molar-refractivity contribution in [2.24, 2.45) is 5.16 Å². The second-order valence-corrected chi connectivity index (χ2v) is 7.18. The average molecular weight is 359 g/mol. The number of piperidine rings is 1. The first kappa shape index (κ1) is 16.4. The van der Waals surface area contributed by atoms with Crippen LogP contribution < -0.4 is 5.32 Å². The molecule has 1 N–H and O–H groups in total. The lowest BCUT2D eigenvalue weighted by Gasteiger charge is -2.20. The monoisotopic (exact) mass is 359 g/mol. The van der Waals surface area contributed by atoms with E-state index in [0.717, 1.165) is 36.6 Å². The van der Waals surface area contributed by atoms with Crippen molar-refractivity contribution in [3.8, 4) is 0 Å². The molecular weight excluding hydrogens is 341 g/mol. The maximum atomic E-state index is 14.2. The average Bonchev–Trinajstić information content (AvgIpc) is 3.31. The van der Waals surface area contributed by atoms with Crippen LogP contribution in [0.25, 0.3) is 0 Å². The molecular formula is C18H18FN3O2S. The van der Waals surface area contributed by atoms with Crippen molar-refractivity contribution in [2.45, 2.75) is 31.3 Å². The van der Waals surface area contributed by atoms with Crippen LogP contribution >= 0.6 is 11.3 Å². The topological polar surface area (TPSA) is 63.6 Å². The number of benzene rings is 1. The van der Waals surface area contributed by atoms with Crippen LogP contribution in [-0.2, 0) is 4.84 Å². The zero-order chi connectivity index (χ0) is 17.2. The highest BCUT2D eigenvalue weighted by Gasteiger charge is 2.30. The molecule has 1 atom stereocenters. The zero-order valence-corrected chi connectivity index (χ0v) is 14.4. The number of oxime groups is 1. The molecule has 1 aromatic heterocycles. The molecule has 0 radical (unpaired) electrons. The van der Waals surface area contributed by atoms with E-state index in [2.05, 4.69) is 10.5 Å². The van der Waals surface area contributed by atoms with Crippen LogP contribution in [0.4, 0.5) is 4.39 Å². The van der Waals surface area contributed by atoms with E-state index in [0.29, 0.717) is 29.9 Å². The Bertz CT molecular complexity index is 814. The Morgan fingerprint density at radius 2 is 2.16 bits per heavy atom. The molecule has 1 fully saturated rings. The molecule has 1 aromatic carbocycles. The van der Waals surface area contributed by atoms with Crippen LogP contribution in [0.15, 0.2) is 28.7 Å². The molecule has 2 aromatic rings. The fourth-order valence-corrected chi connectivity index (χ4v) is 4.36. The lowest BCUT2D eigenvalue weighted by atomic mass is 9.98. The third kappa shape index (κ3) is 3.21. The molecule has 1 saturated heterocycles. The van der Waals surface area contributed by atoms with E-state index in [9.17, 15) is 9.18 Å². The molecule has 2 aliphatic rings. The summed E-state index contributed by atoms with van der Waals surface area (Å²) in [6.45, 7) is 2.04. The molecule has 0 bridgehead atoms. The maximum absolute atomic E-state index is 14.2. The van der Waals surface area contributed by atoms with Gasteiger partial charge in [0.1, 0.15) is 11.5 Å². The SMILES string of the molecule is O=Cc1cccc(F)c1C1CC(c2csc(C3CCNCC3)n2)=NO1. The summed E-state index contributed by atoms with van der Waals surface area (Å²) in [7, 11) is 0. The minimum atomic E-state index is -0.583. The Morgan fingerprint density at radius 1 is 1.32 bits per heavy atom. The van der Waals surface area contributed by atoms with E-state index >= 15 is 0 Å². The molecule has 25 heavy (non-hydrogen) atoms. The van der Waals surface area contributed by atoms with Gasteiger partial charge in [0.2, 0.25) is 0 Å². The van der Waals surface area contributed by atoms with Gasteiger partial charge in [0, 0.05) is 28.8 Å². The number of aldehydes is 1. The highest BCUT2D eigenvalue weighted by atomic mass is 32.1. The van der Waals surface area contributed by atoms with Gasteiger partial charge in [0.15, 0.2) is 12.4 Å². The minimum Gasteiger partial charge on any atom is -0.387 e. The summed E-state index contributed by atoms with van der Waals surface area (Å²) in [4.78, 5) is 21.3. The van der Waals surface area contributed by atoms with Gasteiger partial charge in [-0.25, -0.2) is 9.37 Å². The maximum Gasteiger partial charge on any atom is 0.161 e. The van der Waals surface area contributed by atoms with E-state index in [1.165, 1.54) is 12.1 Å². The van der Waals surface area contributed by atoms with Gasteiger partial charge in [-0.05, 0) is 32.0 Å². The predicted molar refractivity (Wildman–Crippen MR) is 93.7 cm³/mol. The van der Waals surface area contributed by atoms with Crippen LogP contribution in [0.5, 0.6) is 0 Å². The normalized spacial score (nSPS) is 21.0. The minimum absolute atomic E-state index is 0.269. The van der Waals surface area contributed by atoms with Gasteiger partial charge < -0.3 is 10.2 Å². The number of hydrogen-bond acceptors (Lipinski definition) is 6. The molecule has 3 heterocycles. The Labute approximate surface area is 148 Å². The van der Waals surface area contributed by atoms with Crippen molar-refractivity contribution in [3.05, 3.63) is 51.2 Å². The molecule has 7 heteroatoms. The molecule has 0 saturated carbocycles. The first-order valence-electron chi connectivity index (χ1n) is 8.39. The molecule has 130 valence electrons. The zero-order valence-electron chi connectivity index (χ0n) is 13.6. The summed E-state index contributed by atoms with van der Waals surface area (Å²) in [6.07, 6.45) is 2.67. The van der Waals surface area contributed by atoms with Gasteiger partial charge in [-0.15, -0.1) is 11.3 Å². The lowest BCUT2D eigenvalue weighted by molar-refractivity contribution is 0.0816. The van der Waals surface area contributed by atoms with Crippen molar-refractivity contribution in [3.63, 3.8) is 0 Å². The van der Waals surface area contributed by atoms with Gasteiger partial charge in [-0.2, -0.15) is 0 Å². The Morgan fingerprint density at radius 3 is 2.96 bits per heavy atom. The van der Waals surface area contributed by atoms with Gasteiger partial charge in [-0.3, -0.25) is 4.79 Å². The summed E-state index contributed by atoms with van der Waals surface area (Å²) < 4.78 is 14.2. The molecule has 0 aliphatic carbocycles. The number of hydrogen-bond donors (Lipinski definition) is 1. The number of rotatable bonds is 4. The second kappa shape index (κ2) is 7.01. The van der Waals surface area contributed by atoms with Crippen molar-refractivity contribution in [1.82, 2.24) is 10.3 Å². The Kier molecular flexibility index (Phi) is 4.59. The smallest absolute Gasteiger partial charge is 0.161 e. The summed E-state index contributed by atoms with van der Waals surface area (Å²) >= 11 is 1.65. The van der Waals surface area contributed by atoms with E-state index < -0.39 is 11.9 Å². The van der Waals surface area contributed by atoms with Crippen molar-refractivity contribution in [1.29, 1.82) is 0 Å². The lowest BCUT2D eigenvalue weighted by Crippen LogP contribution is -2.26. The predicted octanol–water partition coefficient (Wildman–Crippen LogP) is 3.43. The second-order valence-electron chi connectivity index (χ2n) is 6.29. The third-order valence-electron chi connectivity index (χ3n) is 4.71.